The molecule has 4 aromatic rings. The molecule has 4 heterocycles. The number of nitrogens with two attached hydrogens (primary N) is 1. The highest BCUT2D eigenvalue weighted by Gasteiger charge is 2.42. The first kappa shape index (κ1) is 21.6. The maximum atomic E-state index is 12.2. The molecule has 1 fully saturated rings. The Hall–Kier alpha value is -4.29. The van der Waals surface area contributed by atoms with Crippen molar-refractivity contribution >= 4 is 22.6 Å². The molecule has 4 N–H and O–H groups in total. The Kier molecular flexibility index (Phi) is 5.03. The van der Waals surface area contributed by atoms with Gasteiger partial charge in [-0.25, -0.2) is 15.0 Å². The zero-order valence-corrected chi connectivity index (χ0v) is 19.0. The van der Waals surface area contributed by atoms with Gasteiger partial charge >= 0.3 is 0 Å². The maximum absolute atomic E-state index is 12.2. The van der Waals surface area contributed by atoms with E-state index in [9.17, 15) is 9.90 Å². The highest BCUT2D eigenvalue weighted by Crippen LogP contribution is 2.33. The van der Waals surface area contributed by atoms with Crippen molar-refractivity contribution in [1.29, 1.82) is 0 Å². The molecule has 1 aliphatic heterocycles. The summed E-state index contributed by atoms with van der Waals surface area (Å²) in [6, 6.07) is 7.32. The van der Waals surface area contributed by atoms with Gasteiger partial charge in [0.1, 0.15) is 11.3 Å². The van der Waals surface area contributed by atoms with Gasteiger partial charge in [-0.3, -0.25) is 9.89 Å². The number of pyridine rings is 1. The van der Waals surface area contributed by atoms with Crippen LogP contribution in [0.4, 0.5) is 5.82 Å². The average molecular weight is 454 g/mol. The van der Waals surface area contributed by atoms with Gasteiger partial charge < -0.3 is 15.7 Å². The predicted octanol–water partition coefficient (Wildman–Crippen LogP) is 2.23. The Balaban J connectivity index is 1.55. The summed E-state index contributed by atoms with van der Waals surface area (Å²) in [5, 5.41) is 18.6. The fourth-order valence-electron chi connectivity index (χ4n) is 4.21. The number of benzene rings is 1. The number of carbonyl (C=O) groups is 1. The summed E-state index contributed by atoms with van der Waals surface area (Å²) in [7, 11) is 1.65. The number of likely N-dealkylation sites (N-methyl/N-ethyl adjacent to an activating group) is 1. The van der Waals surface area contributed by atoms with Gasteiger partial charge in [0.25, 0.3) is 5.91 Å². The number of nitrogens with zero attached hydrogens (tertiary/aromatic N) is 5. The number of nitrogens with one attached hydrogen (secondary N) is 1. The standard InChI is InChI=1S/C25H23N7O2/c1-14-20(15(2)31-30-14)18-12-27-22(26)21-19(18)13-28-23(29-21)17-6-4-5-16(11-17)7-8-25(34)9-10-32(3)24(25)33/h4-6,11-13,34H,9-10H2,1-3H3,(H2,26,27)(H,30,31). The number of rotatable bonds is 2. The van der Waals surface area contributed by atoms with Gasteiger partial charge in [0.05, 0.1) is 5.69 Å². The third-order valence-electron chi connectivity index (χ3n) is 6.10. The maximum Gasteiger partial charge on any atom is 0.267 e. The molecule has 1 aromatic carbocycles. The molecule has 0 saturated carbocycles. The summed E-state index contributed by atoms with van der Waals surface area (Å²) in [5.41, 5.74) is 10.0. The van der Waals surface area contributed by atoms with E-state index >= 15 is 0 Å². The number of aliphatic hydroxyl groups is 1. The van der Waals surface area contributed by atoms with Crippen molar-refractivity contribution in [2.45, 2.75) is 25.9 Å². The summed E-state index contributed by atoms with van der Waals surface area (Å²) >= 11 is 0. The number of H-pyrrole nitrogens is 1. The monoisotopic (exact) mass is 453 g/mol. The Morgan fingerprint density at radius 1 is 1.24 bits per heavy atom. The van der Waals surface area contributed by atoms with E-state index in [2.05, 4.69) is 32.0 Å². The molecule has 34 heavy (non-hydrogen) atoms. The topological polar surface area (TPSA) is 134 Å². The molecule has 1 unspecified atom stereocenters. The van der Waals surface area contributed by atoms with Gasteiger partial charge in [-0.1, -0.05) is 24.0 Å². The number of amides is 1. The van der Waals surface area contributed by atoms with Crippen molar-refractivity contribution in [1.82, 2.24) is 30.0 Å². The number of likely N-dealkylation sites (tertiary alicyclic amines) is 1. The van der Waals surface area contributed by atoms with E-state index in [1.807, 2.05) is 38.1 Å². The van der Waals surface area contributed by atoms with Gasteiger partial charge in [0.15, 0.2) is 5.82 Å². The third-order valence-corrected chi connectivity index (χ3v) is 6.10. The van der Waals surface area contributed by atoms with Crippen LogP contribution in [0.3, 0.4) is 0 Å². The highest BCUT2D eigenvalue weighted by molar-refractivity contribution is 5.99. The van der Waals surface area contributed by atoms with Gasteiger partial charge in [0, 0.05) is 65.7 Å². The molecule has 1 aliphatic rings. The number of hydrogen-bond donors (Lipinski definition) is 3. The SMILES string of the molecule is Cc1n[nH]c(C)c1-c1cnc(N)c2nc(-c3cccc(C#CC4(O)CCN(C)C4=O)c3)ncc12. The second-order valence-electron chi connectivity index (χ2n) is 8.49. The fourth-order valence-corrected chi connectivity index (χ4v) is 4.21. The van der Waals surface area contributed by atoms with Gasteiger partial charge in [-0.05, 0) is 26.0 Å². The molecule has 0 radical (unpaired) electrons. The molecular weight excluding hydrogens is 430 g/mol. The van der Waals surface area contributed by atoms with E-state index in [0.29, 0.717) is 29.3 Å². The summed E-state index contributed by atoms with van der Waals surface area (Å²) in [4.78, 5) is 27.3. The second kappa shape index (κ2) is 7.93. The number of hydrogen-bond acceptors (Lipinski definition) is 7. The number of fused-ring (bicyclic) bond motifs is 1. The van der Waals surface area contributed by atoms with Crippen LogP contribution in [0.15, 0.2) is 36.7 Å². The molecule has 1 amide bonds. The smallest absolute Gasteiger partial charge is 0.267 e. The minimum Gasteiger partial charge on any atom is -0.382 e. The van der Waals surface area contributed by atoms with E-state index < -0.39 is 5.60 Å². The number of nitrogen functional groups attached to an aromatic ring is 1. The highest BCUT2D eigenvalue weighted by atomic mass is 16.3. The predicted molar refractivity (Wildman–Crippen MR) is 128 cm³/mol. The van der Waals surface area contributed by atoms with Crippen LogP contribution < -0.4 is 5.73 Å². The first-order chi connectivity index (χ1) is 16.3. The third kappa shape index (κ3) is 3.54. The molecule has 170 valence electrons. The van der Waals surface area contributed by atoms with Crippen molar-refractivity contribution < 1.29 is 9.90 Å². The van der Waals surface area contributed by atoms with E-state index in [0.717, 1.165) is 33.5 Å². The van der Waals surface area contributed by atoms with Crippen LogP contribution in [0.5, 0.6) is 0 Å². The lowest BCUT2D eigenvalue weighted by Crippen LogP contribution is -2.37. The molecule has 3 aromatic heterocycles. The van der Waals surface area contributed by atoms with Crippen LogP contribution in [-0.4, -0.2) is 60.3 Å². The van der Waals surface area contributed by atoms with Crippen LogP contribution in [-0.2, 0) is 4.79 Å². The second-order valence-corrected chi connectivity index (χ2v) is 8.49. The van der Waals surface area contributed by atoms with Crippen LogP contribution in [0.1, 0.15) is 23.4 Å². The normalized spacial score (nSPS) is 17.8. The molecule has 1 saturated heterocycles. The molecule has 9 nitrogen and oxygen atoms in total. The summed E-state index contributed by atoms with van der Waals surface area (Å²) in [6.45, 7) is 4.35. The molecule has 5 rings (SSSR count). The van der Waals surface area contributed by atoms with Crippen LogP contribution in [0, 0.1) is 25.7 Å². The number of carbonyl (C=O) groups excluding carboxylic acids is 1. The Morgan fingerprint density at radius 2 is 2.06 bits per heavy atom. The molecule has 9 heteroatoms. The van der Waals surface area contributed by atoms with Crippen molar-refractivity contribution in [3.05, 3.63) is 53.6 Å². The Bertz CT molecular complexity index is 1500. The molecule has 1 atom stereocenters. The molecule has 0 spiro atoms. The lowest BCUT2D eigenvalue weighted by Gasteiger charge is -2.13. The average Bonchev–Trinajstić information content (AvgIpc) is 3.31. The summed E-state index contributed by atoms with van der Waals surface area (Å²) < 4.78 is 0. The van der Waals surface area contributed by atoms with E-state index in [1.54, 1.807) is 19.4 Å². The Morgan fingerprint density at radius 3 is 2.76 bits per heavy atom. The lowest BCUT2D eigenvalue weighted by atomic mass is 10.0. The molecular formula is C25H23N7O2. The lowest BCUT2D eigenvalue weighted by molar-refractivity contribution is -0.137. The zero-order chi connectivity index (χ0) is 24.0. The molecule has 0 aliphatic carbocycles. The largest absolute Gasteiger partial charge is 0.382 e. The van der Waals surface area contributed by atoms with Gasteiger partial charge in [0.2, 0.25) is 5.60 Å². The number of aromatic amines is 1. The van der Waals surface area contributed by atoms with Crippen LogP contribution in [0.25, 0.3) is 33.4 Å². The molecule has 0 bridgehead atoms. The van der Waals surface area contributed by atoms with Crippen LogP contribution in [0.2, 0.25) is 0 Å². The first-order valence-electron chi connectivity index (χ1n) is 10.8. The van der Waals surface area contributed by atoms with Gasteiger partial charge in [-0.15, -0.1) is 0 Å². The quantitative estimate of drug-likeness (QED) is 0.396. The number of aromatic nitrogens is 5. The van der Waals surface area contributed by atoms with Gasteiger partial charge in [-0.2, -0.15) is 5.10 Å². The zero-order valence-electron chi connectivity index (χ0n) is 19.0. The number of anilines is 1. The minimum atomic E-state index is -1.65. The Labute approximate surface area is 196 Å². The van der Waals surface area contributed by atoms with E-state index in [-0.39, 0.29) is 12.3 Å². The van der Waals surface area contributed by atoms with E-state index in [4.69, 9.17) is 10.7 Å². The summed E-state index contributed by atoms with van der Waals surface area (Å²) in [6.07, 6.45) is 3.74. The van der Waals surface area contributed by atoms with E-state index in [1.165, 1.54) is 4.90 Å². The van der Waals surface area contributed by atoms with Crippen molar-refractivity contribution in [3.63, 3.8) is 0 Å². The minimum absolute atomic E-state index is 0.285. The fraction of sp³-hybridized carbons (Fsp3) is 0.240. The van der Waals surface area contributed by atoms with Crippen molar-refractivity contribution in [3.8, 4) is 34.4 Å². The summed E-state index contributed by atoms with van der Waals surface area (Å²) in [5.74, 6) is 6.07. The van der Waals surface area contributed by atoms with Crippen molar-refractivity contribution in [2.24, 2.45) is 0 Å². The first-order valence-corrected chi connectivity index (χ1v) is 10.8. The number of aryl methyl sites for hydroxylation is 2. The van der Waals surface area contributed by atoms with Crippen molar-refractivity contribution in [2.75, 3.05) is 19.3 Å². The van der Waals surface area contributed by atoms with Crippen LogP contribution >= 0.6 is 0 Å².